The molecule has 156 valence electrons. The molecule has 0 spiro atoms. The first kappa shape index (κ1) is 19.9. The summed E-state index contributed by atoms with van der Waals surface area (Å²) >= 11 is 0. The molecular formula is C22H30N4O3. The Kier molecular flexibility index (Phi) is 5.85. The molecule has 0 radical (unpaired) electrons. The first-order valence-corrected chi connectivity index (χ1v) is 10.7. The second kappa shape index (κ2) is 8.53. The minimum absolute atomic E-state index is 0.00151. The maximum atomic E-state index is 13.0. The van der Waals surface area contributed by atoms with Crippen molar-refractivity contribution in [1.29, 1.82) is 0 Å². The molecule has 4 rings (SSSR count). The second-order valence-electron chi connectivity index (χ2n) is 8.46. The van der Waals surface area contributed by atoms with Crippen molar-refractivity contribution in [3.8, 4) is 0 Å². The number of anilines is 1. The van der Waals surface area contributed by atoms with E-state index in [1.165, 1.54) is 0 Å². The molecule has 2 saturated heterocycles. The van der Waals surface area contributed by atoms with Crippen molar-refractivity contribution in [1.82, 2.24) is 14.7 Å². The summed E-state index contributed by atoms with van der Waals surface area (Å²) in [5, 5.41) is 2.95. The number of nitrogens with one attached hydrogen (secondary N) is 1. The van der Waals surface area contributed by atoms with Gasteiger partial charge in [0.05, 0.1) is 0 Å². The van der Waals surface area contributed by atoms with Crippen LogP contribution in [-0.2, 0) is 20.8 Å². The van der Waals surface area contributed by atoms with Crippen molar-refractivity contribution in [2.24, 2.45) is 5.92 Å². The van der Waals surface area contributed by atoms with E-state index in [2.05, 4.69) is 17.3 Å². The van der Waals surface area contributed by atoms with E-state index in [9.17, 15) is 14.4 Å². The Bertz CT molecular complexity index is 788. The summed E-state index contributed by atoms with van der Waals surface area (Å²) in [6.45, 7) is 3.86. The Morgan fingerprint density at radius 2 is 1.86 bits per heavy atom. The lowest BCUT2D eigenvalue weighted by Gasteiger charge is -2.36. The molecule has 0 aliphatic carbocycles. The van der Waals surface area contributed by atoms with E-state index < -0.39 is 0 Å². The van der Waals surface area contributed by atoms with Gasteiger partial charge in [-0.05, 0) is 44.4 Å². The van der Waals surface area contributed by atoms with Gasteiger partial charge < -0.3 is 20.0 Å². The van der Waals surface area contributed by atoms with Gasteiger partial charge in [-0.3, -0.25) is 14.4 Å². The summed E-state index contributed by atoms with van der Waals surface area (Å²) in [6, 6.07) is 7.49. The summed E-state index contributed by atoms with van der Waals surface area (Å²) in [7, 11) is 2.06. The molecule has 7 heteroatoms. The van der Waals surface area contributed by atoms with Gasteiger partial charge in [-0.25, -0.2) is 0 Å². The van der Waals surface area contributed by atoms with Crippen molar-refractivity contribution in [2.45, 2.75) is 38.1 Å². The zero-order valence-electron chi connectivity index (χ0n) is 17.1. The number of amides is 3. The molecule has 29 heavy (non-hydrogen) atoms. The number of nitrogens with zero attached hydrogens (tertiary/aromatic N) is 3. The number of likely N-dealkylation sites (N-methyl/N-ethyl adjacent to an activating group) is 1. The molecule has 1 aromatic carbocycles. The Morgan fingerprint density at radius 1 is 1.10 bits per heavy atom. The number of fused-ring (bicyclic) bond motifs is 1. The number of hydrogen-bond acceptors (Lipinski definition) is 4. The number of para-hydroxylation sites is 1. The van der Waals surface area contributed by atoms with Crippen LogP contribution < -0.4 is 5.32 Å². The second-order valence-corrected chi connectivity index (χ2v) is 8.46. The Labute approximate surface area is 172 Å². The number of carbonyl (C=O) groups is 3. The largest absolute Gasteiger partial charge is 0.338 e. The quantitative estimate of drug-likeness (QED) is 0.831. The summed E-state index contributed by atoms with van der Waals surface area (Å²) in [6.07, 6.45) is 3.11. The SMILES string of the molecule is CN1CCN(C(=O)[C@H]2CCCN2C(=O)CC[C@H]2Cc3ccccc3NC2=O)CC1. The van der Waals surface area contributed by atoms with Gasteiger partial charge in [0.15, 0.2) is 0 Å². The van der Waals surface area contributed by atoms with Gasteiger partial charge in [0.25, 0.3) is 0 Å². The molecule has 0 bridgehead atoms. The van der Waals surface area contributed by atoms with Crippen LogP contribution in [0.3, 0.4) is 0 Å². The maximum absolute atomic E-state index is 13.0. The van der Waals surface area contributed by atoms with E-state index in [-0.39, 0.29) is 29.7 Å². The van der Waals surface area contributed by atoms with E-state index >= 15 is 0 Å². The zero-order valence-corrected chi connectivity index (χ0v) is 17.1. The van der Waals surface area contributed by atoms with Crippen LogP contribution in [0.25, 0.3) is 0 Å². The van der Waals surface area contributed by atoms with Gasteiger partial charge >= 0.3 is 0 Å². The Morgan fingerprint density at radius 3 is 2.66 bits per heavy atom. The lowest BCUT2D eigenvalue weighted by molar-refractivity contribution is -0.145. The summed E-state index contributed by atoms with van der Waals surface area (Å²) in [5.41, 5.74) is 1.99. The molecule has 3 heterocycles. The molecule has 2 atom stereocenters. The van der Waals surface area contributed by atoms with Gasteiger partial charge in [0.1, 0.15) is 6.04 Å². The smallest absolute Gasteiger partial charge is 0.245 e. The number of benzene rings is 1. The van der Waals surface area contributed by atoms with Crippen molar-refractivity contribution >= 4 is 23.4 Å². The molecule has 3 aliphatic rings. The molecule has 7 nitrogen and oxygen atoms in total. The third-order valence-electron chi connectivity index (χ3n) is 6.49. The van der Waals surface area contributed by atoms with E-state index in [0.717, 1.165) is 50.3 Å². The number of carbonyl (C=O) groups excluding carboxylic acids is 3. The number of likely N-dealkylation sites (tertiary alicyclic amines) is 1. The number of piperazine rings is 1. The van der Waals surface area contributed by atoms with Crippen LogP contribution in [0.1, 0.15) is 31.2 Å². The first-order valence-electron chi connectivity index (χ1n) is 10.7. The molecule has 2 fully saturated rings. The predicted molar refractivity (Wildman–Crippen MR) is 110 cm³/mol. The molecule has 1 N–H and O–H groups in total. The molecule has 1 aromatic rings. The standard InChI is InChI=1S/C22H30N4O3/c1-24-11-13-25(14-12-24)22(29)19-7-4-10-26(19)20(27)9-8-17-15-16-5-2-3-6-18(16)23-21(17)28/h2-3,5-6,17,19H,4,7-15H2,1H3,(H,23,28)/t17-,19+/m0/s1. The van der Waals surface area contributed by atoms with E-state index in [4.69, 9.17) is 0 Å². The van der Waals surface area contributed by atoms with Crippen molar-refractivity contribution in [3.05, 3.63) is 29.8 Å². The maximum Gasteiger partial charge on any atom is 0.245 e. The highest BCUT2D eigenvalue weighted by Gasteiger charge is 2.37. The van der Waals surface area contributed by atoms with E-state index in [0.29, 0.717) is 25.8 Å². The average Bonchev–Trinajstić information content (AvgIpc) is 3.22. The molecule has 3 aliphatic heterocycles. The normalized spacial score (nSPS) is 24.9. The van der Waals surface area contributed by atoms with E-state index in [1.54, 1.807) is 4.90 Å². The highest BCUT2D eigenvalue weighted by Crippen LogP contribution is 2.28. The number of rotatable bonds is 4. The van der Waals surface area contributed by atoms with Crippen molar-refractivity contribution in [2.75, 3.05) is 45.1 Å². The fourth-order valence-electron chi connectivity index (χ4n) is 4.65. The number of hydrogen-bond donors (Lipinski definition) is 1. The highest BCUT2D eigenvalue weighted by atomic mass is 16.2. The lowest BCUT2D eigenvalue weighted by atomic mass is 9.89. The minimum atomic E-state index is -0.327. The molecule has 0 aromatic heterocycles. The van der Waals surface area contributed by atoms with Crippen LogP contribution in [0.5, 0.6) is 0 Å². The van der Waals surface area contributed by atoms with Gasteiger partial charge in [-0.2, -0.15) is 0 Å². The summed E-state index contributed by atoms with van der Waals surface area (Å²) < 4.78 is 0. The lowest BCUT2D eigenvalue weighted by Crippen LogP contribution is -2.53. The Balaban J connectivity index is 1.33. The van der Waals surface area contributed by atoms with Gasteiger partial charge in [0.2, 0.25) is 17.7 Å². The van der Waals surface area contributed by atoms with Crippen LogP contribution in [0.15, 0.2) is 24.3 Å². The van der Waals surface area contributed by atoms with Gasteiger partial charge in [-0.1, -0.05) is 18.2 Å². The first-order chi connectivity index (χ1) is 14.0. The van der Waals surface area contributed by atoms with Crippen LogP contribution in [0, 0.1) is 5.92 Å². The zero-order chi connectivity index (χ0) is 20.4. The third-order valence-corrected chi connectivity index (χ3v) is 6.49. The molecular weight excluding hydrogens is 368 g/mol. The van der Waals surface area contributed by atoms with Crippen molar-refractivity contribution in [3.63, 3.8) is 0 Å². The van der Waals surface area contributed by atoms with Gasteiger partial charge in [0, 0.05) is 50.7 Å². The fraction of sp³-hybridized carbons (Fsp3) is 0.591. The Hall–Kier alpha value is -2.41. The van der Waals surface area contributed by atoms with Crippen LogP contribution in [-0.4, -0.2) is 78.2 Å². The summed E-state index contributed by atoms with van der Waals surface area (Å²) in [5.74, 6) is -0.110. The average molecular weight is 399 g/mol. The monoisotopic (exact) mass is 398 g/mol. The minimum Gasteiger partial charge on any atom is -0.338 e. The van der Waals surface area contributed by atoms with Crippen LogP contribution in [0.2, 0.25) is 0 Å². The molecule has 0 saturated carbocycles. The predicted octanol–water partition coefficient (Wildman–Crippen LogP) is 1.34. The fourth-order valence-corrected chi connectivity index (χ4v) is 4.65. The van der Waals surface area contributed by atoms with Crippen molar-refractivity contribution < 1.29 is 14.4 Å². The topological polar surface area (TPSA) is 73.0 Å². The van der Waals surface area contributed by atoms with E-state index in [1.807, 2.05) is 29.2 Å². The van der Waals surface area contributed by atoms with Crippen LogP contribution in [0.4, 0.5) is 5.69 Å². The van der Waals surface area contributed by atoms with Gasteiger partial charge in [-0.15, -0.1) is 0 Å². The highest BCUT2D eigenvalue weighted by molar-refractivity contribution is 5.96. The summed E-state index contributed by atoms with van der Waals surface area (Å²) in [4.78, 5) is 44.1. The third kappa shape index (κ3) is 4.29. The molecule has 0 unspecified atom stereocenters. The molecule has 3 amide bonds. The van der Waals surface area contributed by atoms with Crippen LogP contribution >= 0.6 is 0 Å².